The molecule has 2 aliphatic heterocycles. The number of methoxy groups -OCH3 is 1. The Morgan fingerprint density at radius 2 is 1.94 bits per heavy atom. The van der Waals surface area contributed by atoms with Crippen molar-refractivity contribution in [3.05, 3.63) is 60.3 Å². The number of hydrogen-bond acceptors (Lipinski definition) is 7. The number of sulfonamides is 1. The predicted octanol–water partition coefficient (Wildman–Crippen LogP) is 2.84. The summed E-state index contributed by atoms with van der Waals surface area (Å²) in [6.07, 6.45) is 2.66. The number of fused-ring (bicyclic) bond motifs is 1. The number of nitrogens with one attached hydrogen (secondary N) is 1. The van der Waals surface area contributed by atoms with Gasteiger partial charge >= 0.3 is 0 Å². The number of para-hydroxylation sites is 1. The molecule has 1 aromatic heterocycles. The monoisotopic (exact) mass is 510 g/mol. The highest BCUT2D eigenvalue weighted by atomic mass is 32.2. The molecular formula is C26H30N4O5S. The van der Waals surface area contributed by atoms with Crippen molar-refractivity contribution in [1.29, 1.82) is 0 Å². The van der Waals surface area contributed by atoms with Crippen molar-refractivity contribution in [2.24, 2.45) is 5.92 Å². The zero-order chi connectivity index (χ0) is 25.1. The first-order valence-corrected chi connectivity index (χ1v) is 13.6. The van der Waals surface area contributed by atoms with Crippen LogP contribution in [0.3, 0.4) is 0 Å². The molecule has 9 nitrogen and oxygen atoms in total. The third kappa shape index (κ3) is 5.16. The first kappa shape index (κ1) is 24.5. The molecule has 0 radical (unpaired) electrons. The quantitative estimate of drug-likeness (QED) is 0.522. The Bertz CT molecular complexity index is 1340. The molecule has 1 amide bonds. The van der Waals surface area contributed by atoms with Crippen LogP contribution in [-0.4, -0.2) is 82.2 Å². The van der Waals surface area contributed by atoms with Gasteiger partial charge in [-0.25, -0.2) is 8.42 Å². The van der Waals surface area contributed by atoms with E-state index in [1.165, 1.54) is 13.2 Å². The molecule has 1 unspecified atom stereocenters. The second-order valence-electron chi connectivity index (χ2n) is 9.17. The molecule has 2 aliphatic rings. The summed E-state index contributed by atoms with van der Waals surface area (Å²) in [5.74, 6) is 0.776. The summed E-state index contributed by atoms with van der Waals surface area (Å²) in [5, 5.41) is 0.732. The molecule has 0 bridgehead atoms. The first-order chi connectivity index (χ1) is 17.4. The van der Waals surface area contributed by atoms with E-state index in [0.29, 0.717) is 41.5 Å². The van der Waals surface area contributed by atoms with Gasteiger partial charge < -0.3 is 14.4 Å². The van der Waals surface area contributed by atoms with Crippen LogP contribution in [-0.2, 0) is 14.8 Å². The van der Waals surface area contributed by atoms with Crippen LogP contribution < -0.4 is 9.46 Å². The third-order valence-corrected chi connectivity index (χ3v) is 8.18. The lowest BCUT2D eigenvalue weighted by Crippen LogP contribution is -2.49. The third-order valence-electron chi connectivity index (χ3n) is 6.77. The van der Waals surface area contributed by atoms with Crippen LogP contribution in [0.2, 0.25) is 0 Å². The standard InChI is InChI=1S/C26H30N4O5S/c1-34-23-16-21(28-36(32,33)24-6-2-4-20-5-3-10-27-25(20)24)7-8-22(23)26(31)30-13-11-29(12-14-30)17-19-9-15-35-18-19/h2-8,10,16,19,28H,9,11-15,17-18H2,1H3. The minimum absolute atomic E-state index is 0.0850. The molecule has 1 atom stereocenters. The number of rotatable bonds is 7. The van der Waals surface area contributed by atoms with Gasteiger partial charge in [0.05, 0.1) is 30.5 Å². The number of amides is 1. The van der Waals surface area contributed by atoms with Crippen molar-refractivity contribution in [1.82, 2.24) is 14.8 Å². The largest absolute Gasteiger partial charge is 0.496 e. The SMILES string of the molecule is COc1cc(NS(=O)(=O)c2cccc3cccnc23)ccc1C(=O)N1CCN(CC2CCOC2)CC1. The molecule has 36 heavy (non-hydrogen) atoms. The number of nitrogens with zero attached hydrogens (tertiary/aromatic N) is 3. The molecule has 1 N–H and O–H groups in total. The lowest BCUT2D eigenvalue weighted by Gasteiger charge is -2.36. The fourth-order valence-corrected chi connectivity index (χ4v) is 6.06. The predicted molar refractivity (Wildman–Crippen MR) is 137 cm³/mol. The van der Waals surface area contributed by atoms with E-state index in [1.54, 1.807) is 36.5 Å². The summed E-state index contributed by atoms with van der Waals surface area (Å²) in [4.78, 5) is 21.8. The second kappa shape index (κ2) is 10.4. The Kier molecular flexibility index (Phi) is 7.08. The van der Waals surface area contributed by atoms with E-state index >= 15 is 0 Å². The smallest absolute Gasteiger partial charge is 0.264 e. The van der Waals surface area contributed by atoms with Crippen molar-refractivity contribution in [3.8, 4) is 5.75 Å². The van der Waals surface area contributed by atoms with Crippen molar-refractivity contribution in [2.45, 2.75) is 11.3 Å². The van der Waals surface area contributed by atoms with Crippen molar-refractivity contribution in [2.75, 3.05) is 57.8 Å². The van der Waals surface area contributed by atoms with Crippen LogP contribution in [0.1, 0.15) is 16.8 Å². The topological polar surface area (TPSA) is 101 Å². The Morgan fingerprint density at radius 1 is 1.14 bits per heavy atom. The molecule has 190 valence electrons. The minimum Gasteiger partial charge on any atom is -0.496 e. The molecule has 3 heterocycles. The van der Waals surface area contributed by atoms with E-state index in [4.69, 9.17) is 9.47 Å². The maximum atomic E-state index is 13.3. The summed E-state index contributed by atoms with van der Waals surface area (Å²) in [7, 11) is -2.44. The van der Waals surface area contributed by atoms with Crippen molar-refractivity contribution >= 4 is 32.5 Å². The lowest BCUT2D eigenvalue weighted by atomic mass is 10.1. The van der Waals surface area contributed by atoms with E-state index in [1.807, 2.05) is 17.0 Å². The fraction of sp³-hybridized carbons (Fsp3) is 0.385. The zero-order valence-corrected chi connectivity index (χ0v) is 21.0. The van der Waals surface area contributed by atoms with Gasteiger partial charge in [0.1, 0.15) is 10.6 Å². The average Bonchev–Trinajstić information content (AvgIpc) is 3.41. The van der Waals surface area contributed by atoms with Crippen LogP contribution in [0, 0.1) is 5.92 Å². The number of carbonyl (C=O) groups excluding carboxylic acids is 1. The Labute approximate surface area is 211 Å². The molecule has 0 saturated carbocycles. The van der Waals surface area contributed by atoms with Crippen LogP contribution in [0.15, 0.2) is 59.6 Å². The lowest BCUT2D eigenvalue weighted by molar-refractivity contribution is 0.0608. The van der Waals surface area contributed by atoms with E-state index in [0.717, 1.165) is 44.7 Å². The van der Waals surface area contributed by atoms with E-state index in [9.17, 15) is 13.2 Å². The number of anilines is 1. The fourth-order valence-electron chi connectivity index (χ4n) is 4.83. The van der Waals surface area contributed by atoms with Crippen LogP contribution in [0.4, 0.5) is 5.69 Å². The molecular weight excluding hydrogens is 480 g/mol. The maximum absolute atomic E-state index is 13.3. The van der Waals surface area contributed by atoms with Crippen molar-refractivity contribution < 1.29 is 22.7 Å². The zero-order valence-electron chi connectivity index (χ0n) is 20.2. The molecule has 5 rings (SSSR count). The van der Waals surface area contributed by atoms with E-state index in [2.05, 4.69) is 14.6 Å². The summed E-state index contributed by atoms with van der Waals surface area (Å²) < 4.78 is 39.9. The summed E-state index contributed by atoms with van der Waals surface area (Å²) >= 11 is 0. The van der Waals surface area contributed by atoms with Gasteiger partial charge in [-0.05, 0) is 36.6 Å². The Balaban J connectivity index is 1.29. The van der Waals surface area contributed by atoms with Crippen LogP contribution in [0.25, 0.3) is 10.9 Å². The first-order valence-electron chi connectivity index (χ1n) is 12.1. The molecule has 2 saturated heterocycles. The van der Waals surface area contributed by atoms with Crippen LogP contribution in [0.5, 0.6) is 5.75 Å². The highest BCUT2D eigenvalue weighted by Crippen LogP contribution is 2.28. The van der Waals surface area contributed by atoms with E-state index in [-0.39, 0.29) is 10.8 Å². The number of benzene rings is 2. The summed E-state index contributed by atoms with van der Waals surface area (Å²) in [6.45, 7) is 5.59. The van der Waals surface area contributed by atoms with Gasteiger partial charge in [-0.15, -0.1) is 0 Å². The van der Waals surface area contributed by atoms with Gasteiger partial charge in [0, 0.05) is 57.0 Å². The van der Waals surface area contributed by atoms with Gasteiger partial charge in [-0.2, -0.15) is 0 Å². The number of hydrogen-bond donors (Lipinski definition) is 1. The van der Waals surface area contributed by atoms with Gasteiger partial charge in [-0.3, -0.25) is 19.4 Å². The summed E-state index contributed by atoms with van der Waals surface area (Å²) in [5.41, 5.74) is 1.11. The van der Waals surface area contributed by atoms with Gasteiger partial charge in [0.25, 0.3) is 15.9 Å². The molecule has 0 aliphatic carbocycles. The number of piperazine rings is 1. The maximum Gasteiger partial charge on any atom is 0.264 e. The number of pyridine rings is 1. The Morgan fingerprint density at radius 3 is 2.69 bits per heavy atom. The van der Waals surface area contributed by atoms with E-state index < -0.39 is 10.0 Å². The normalized spacial score (nSPS) is 18.9. The number of carbonyl (C=O) groups is 1. The number of aromatic nitrogens is 1. The van der Waals surface area contributed by atoms with Crippen molar-refractivity contribution in [3.63, 3.8) is 0 Å². The molecule has 2 aromatic carbocycles. The molecule has 10 heteroatoms. The average molecular weight is 511 g/mol. The highest BCUT2D eigenvalue weighted by Gasteiger charge is 2.27. The van der Waals surface area contributed by atoms with Gasteiger partial charge in [-0.1, -0.05) is 18.2 Å². The Hall–Kier alpha value is -3.21. The molecule has 2 fully saturated rings. The minimum atomic E-state index is -3.91. The van der Waals surface area contributed by atoms with Gasteiger partial charge in [0.15, 0.2) is 0 Å². The molecule has 0 spiro atoms. The van der Waals surface area contributed by atoms with Gasteiger partial charge in [0.2, 0.25) is 0 Å². The molecule has 3 aromatic rings. The second-order valence-corrected chi connectivity index (χ2v) is 10.8. The number of ether oxygens (including phenoxy) is 2. The summed E-state index contributed by atoms with van der Waals surface area (Å²) in [6, 6.07) is 13.3. The highest BCUT2D eigenvalue weighted by molar-refractivity contribution is 7.93. The van der Waals surface area contributed by atoms with Crippen LogP contribution >= 0.6 is 0 Å².